The summed E-state index contributed by atoms with van der Waals surface area (Å²) in [7, 11) is 0. The Hall–Kier alpha value is -2.94. The molecule has 0 aliphatic heterocycles. The van der Waals surface area contributed by atoms with E-state index in [1.165, 1.54) is 23.0 Å². The number of nitrogens with one attached hydrogen (secondary N) is 1. The summed E-state index contributed by atoms with van der Waals surface area (Å²) in [5.74, 6) is -0.332. The monoisotopic (exact) mass is 396 g/mol. The standard InChI is InChI=1S/C17H15ClF2N4O3/c1-9-3-4-13(14(5-9)26-17(19)20)22-16(25)15-12(10(2)27-23-15)8-24-7-11(18)6-21-24/h3-7,17H,8H2,1-2H3,(H,22,25). The van der Waals surface area contributed by atoms with Crippen LogP contribution in [0.15, 0.2) is 35.1 Å². The number of hydrogen-bond acceptors (Lipinski definition) is 5. The average molecular weight is 397 g/mol. The molecule has 0 saturated carbocycles. The highest BCUT2D eigenvalue weighted by molar-refractivity contribution is 6.30. The quantitative estimate of drug-likeness (QED) is 0.679. The van der Waals surface area contributed by atoms with Gasteiger partial charge in [-0.05, 0) is 31.5 Å². The second-order valence-corrected chi connectivity index (χ2v) is 6.19. The third kappa shape index (κ3) is 4.43. The first-order chi connectivity index (χ1) is 12.8. The number of anilines is 1. The maximum atomic E-state index is 12.6. The van der Waals surface area contributed by atoms with Crippen molar-refractivity contribution in [3.63, 3.8) is 0 Å². The molecule has 0 radical (unpaired) electrons. The van der Waals surface area contributed by atoms with Gasteiger partial charge in [-0.15, -0.1) is 0 Å². The minimum Gasteiger partial charge on any atom is -0.433 e. The van der Waals surface area contributed by atoms with Crippen molar-refractivity contribution in [1.29, 1.82) is 0 Å². The summed E-state index contributed by atoms with van der Waals surface area (Å²) >= 11 is 5.84. The molecule has 0 aliphatic carbocycles. The van der Waals surface area contributed by atoms with Crippen LogP contribution in [0.4, 0.5) is 14.5 Å². The molecule has 1 amide bonds. The Morgan fingerprint density at radius 2 is 2.19 bits per heavy atom. The molecule has 1 aromatic carbocycles. The molecule has 0 spiro atoms. The molecular formula is C17H15ClF2N4O3. The van der Waals surface area contributed by atoms with Gasteiger partial charge in [-0.25, -0.2) is 0 Å². The van der Waals surface area contributed by atoms with Crippen LogP contribution in [0.1, 0.15) is 27.4 Å². The van der Waals surface area contributed by atoms with E-state index in [2.05, 4.69) is 20.3 Å². The normalized spacial score (nSPS) is 11.0. The van der Waals surface area contributed by atoms with Crippen LogP contribution in [-0.2, 0) is 6.54 Å². The van der Waals surface area contributed by atoms with E-state index in [0.717, 1.165) is 0 Å². The number of benzene rings is 1. The smallest absolute Gasteiger partial charge is 0.387 e. The number of amides is 1. The predicted octanol–water partition coefficient (Wildman–Crippen LogP) is 4.04. The summed E-state index contributed by atoms with van der Waals surface area (Å²) < 4.78 is 36.4. The summed E-state index contributed by atoms with van der Waals surface area (Å²) in [4.78, 5) is 12.6. The van der Waals surface area contributed by atoms with Crippen molar-refractivity contribution in [2.24, 2.45) is 0 Å². The SMILES string of the molecule is Cc1ccc(NC(=O)c2noc(C)c2Cn2cc(Cl)cn2)c(OC(F)F)c1. The Bertz CT molecular complexity index is 971. The van der Waals surface area contributed by atoms with Crippen LogP contribution in [0, 0.1) is 13.8 Å². The molecule has 0 bridgehead atoms. The highest BCUT2D eigenvalue weighted by Crippen LogP contribution is 2.28. The number of carbonyl (C=O) groups excluding carboxylic acids is 1. The second kappa shape index (κ2) is 7.75. The second-order valence-electron chi connectivity index (χ2n) is 5.75. The zero-order valence-electron chi connectivity index (χ0n) is 14.4. The van der Waals surface area contributed by atoms with E-state index in [0.29, 0.717) is 21.9 Å². The van der Waals surface area contributed by atoms with Gasteiger partial charge in [-0.2, -0.15) is 13.9 Å². The lowest BCUT2D eigenvalue weighted by Gasteiger charge is -2.12. The molecule has 0 fully saturated rings. The fraction of sp³-hybridized carbons (Fsp3) is 0.235. The Balaban J connectivity index is 1.85. The lowest BCUT2D eigenvalue weighted by molar-refractivity contribution is -0.0494. The van der Waals surface area contributed by atoms with Gasteiger partial charge in [-0.1, -0.05) is 22.8 Å². The lowest BCUT2D eigenvalue weighted by atomic mass is 10.1. The number of alkyl halides is 2. The van der Waals surface area contributed by atoms with Crippen molar-refractivity contribution in [2.75, 3.05) is 5.32 Å². The zero-order chi connectivity index (χ0) is 19.6. The average Bonchev–Trinajstić information content (AvgIpc) is 3.16. The summed E-state index contributed by atoms with van der Waals surface area (Å²) in [5, 5.41) is 10.8. The molecule has 142 valence electrons. The molecule has 3 aromatic rings. The summed E-state index contributed by atoms with van der Waals surface area (Å²) in [6, 6.07) is 4.54. The third-order valence-corrected chi connectivity index (χ3v) is 3.92. The molecule has 27 heavy (non-hydrogen) atoms. The number of halogens is 3. The van der Waals surface area contributed by atoms with E-state index in [4.69, 9.17) is 16.1 Å². The minimum absolute atomic E-state index is 0.0164. The van der Waals surface area contributed by atoms with Crippen molar-refractivity contribution in [2.45, 2.75) is 27.0 Å². The minimum atomic E-state index is -3.02. The molecule has 1 N–H and O–H groups in total. The molecule has 0 atom stereocenters. The molecule has 0 unspecified atom stereocenters. The number of carbonyl (C=O) groups is 1. The fourth-order valence-electron chi connectivity index (χ4n) is 2.45. The van der Waals surface area contributed by atoms with Crippen molar-refractivity contribution in [1.82, 2.24) is 14.9 Å². The first-order valence-corrected chi connectivity index (χ1v) is 8.21. The van der Waals surface area contributed by atoms with Crippen molar-refractivity contribution in [3.05, 3.63) is 58.2 Å². The molecule has 7 nitrogen and oxygen atoms in total. The van der Waals surface area contributed by atoms with E-state index in [9.17, 15) is 13.6 Å². The van der Waals surface area contributed by atoms with Crippen LogP contribution in [0.5, 0.6) is 5.75 Å². The van der Waals surface area contributed by atoms with E-state index in [-0.39, 0.29) is 23.7 Å². The van der Waals surface area contributed by atoms with E-state index in [1.54, 1.807) is 26.1 Å². The first kappa shape index (κ1) is 18.8. The Kier molecular flexibility index (Phi) is 5.41. The van der Waals surface area contributed by atoms with E-state index >= 15 is 0 Å². The number of aryl methyl sites for hydroxylation is 2. The molecule has 2 aromatic heterocycles. The maximum absolute atomic E-state index is 12.6. The van der Waals surface area contributed by atoms with Gasteiger partial charge in [0.1, 0.15) is 11.5 Å². The summed E-state index contributed by atoms with van der Waals surface area (Å²) in [5.41, 5.74) is 1.32. The van der Waals surface area contributed by atoms with Gasteiger partial charge in [0.2, 0.25) is 0 Å². The maximum Gasteiger partial charge on any atom is 0.387 e. The molecule has 10 heteroatoms. The molecule has 2 heterocycles. The van der Waals surface area contributed by atoms with Crippen LogP contribution in [0.25, 0.3) is 0 Å². The predicted molar refractivity (Wildman–Crippen MR) is 93.3 cm³/mol. The van der Waals surface area contributed by atoms with E-state index < -0.39 is 12.5 Å². The van der Waals surface area contributed by atoms with Crippen LogP contribution in [-0.4, -0.2) is 27.5 Å². The zero-order valence-corrected chi connectivity index (χ0v) is 15.1. The summed E-state index contributed by atoms with van der Waals surface area (Å²) in [6.45, 7) is 0.565. The van der Waals surface area contributed by atoms with Gasteiger partial charge in [0, 0.05) is 11.8 Å². The van der Waals surface area contributed by atoms with Crippen LogP contribution in [0.2, 0.25) is 5.02 Å². The first-order valence-electron chi connectivity index (χ1n) is 7.83. The van der Waals surface area contributed by atoms with Crippen molar-refractivity contribution < 1.29 is 22.8 Å². The lowest BCUT2D eigenvalue weighted by Crippen LogP contribution is -2.17. The third-order valence-electron chi connectivity index (χ3n) is 3.72. The highest BCUT2D eigenvalue weighted by Gasteiger charge is 2.22. The number of ether oxygens (including phenoxy) is 1. The topological polar surface area (TPSA) is 82.2 Å². The molecule has 3 rings (SSSR count). The number of aromatic nitrogens is 3. The fourth-order valence-corrected chi connectivity index (χ4v) is 2.61. The van der Waals surface area contributed by atoms with Gasteiger partial charge in [0.25, 0.3) is 5.91 Å². The van der Waals surface area contributed by atoms with Crippen molar-refractivity contribution in [3.8, 4) is 5.75 Å². The molecule has 0 saturated heterocycles. The van der Waals surface area contributed by atoms with Crippen molar-refractivity contribution >= 4 is 23.2 Å². The molecular weight excluding hydrogens is 382 g/mol. The van der Waals surface area contributed by atoms with Crippen LogP contribution in [0.3, 0.4) is 0 Å². The number of hydrogen-bond donors (Lipinski definition) is 1. The van der Waals surface area contributed by atoms with Gasteiger partial charge >= 0.3 is 6.61 Å². The van der Waals surface area contributed by atoms with Gasteiger partial charge in [0.05, 0.1) is 23.5 Å². The Morgan fingerprint density at radius 1 is 1.41 bits per heavy atom. The van der Waals surface area contributed by atoms with Crippen LogP contribution < -0.4 is 10.1 Å². The van der Waals surface area contributed by atoms with Gasteiger partial charge < -0.3 is 14.6 Å². The molecule has 0 aliphatic rings. The van der Waals surface area contributed by atoms with Crippen LogP contribution >= 0.6 is 11.6 Å². The Labute approximate surface area is 157 Å². The van der Waals surface area contributed by atoms with Gasteiger partial charge in [-0.3, -0.25) is 9.48 Å². The highest BCUT2D eigenvalue weighted by atomic mass is 35.5. The van der Waals surface area contributed by atoms with Gasteiger partial charge in [0.15, 0.2) is 5.69 Å². The largest absolute Gasteiger partial charge is 0.433 e. The Morgan fingerprint density at radius 3 is 2.85 bits per heavy atom. The summed E-state index contributed by atoms with van der Waals surface area (Å²) in [6.07, 6.45) is 3.05. The number of rotatable bonds is 6. The number of nitrogens with zero attached hydrogens (tertiary/aromatic N) is 3. The van der Waals surface area contributed by atoms with E-state index in [1.807, 2.05) is 0 Å².